The Balaban J connectivity index is 2.02. The first kappa shape index (κ1) is 15.1. The van der Waals surface area contributed by atoms with Gasteiger partial charge in [-0.2, -0.15) is 13.2 Å². The maximum absolute atomic E-state index is 12.0. The van der Waals surface area contributed by atoms with Gasteiger partial charge in [0.05, 0.1) is 5.92 Å². The molecule has 1 aromatic carbocycles. The number of carboxylic acid groups (broad SMARTS) is 1. The summed E-state index contributed by atoms with van der Waals surface area (Å²) in [6.07, 6.45) is -4.50. The van der Waals surface area contributed by atoms with Gasteiger partial charge in [-0.25, -0.2) is 0 Å². The van der Waals surface area contributed by atoms with Crippen LogP contribution < -0.4 is 9.64 Å². The van der Waals surface area contributed by atoms with Crippen molar-refractivity contribution < 1.29 is 32.6 Å². The minimum absolute atomic E-state index is 0.0255. The molecule has 1 saturated heterocycles. The van der Waals surface area contributed by atoms with Crippen molar-refractivity contribution in [2.24, 2.45) is 5.92 Å². The van der Waals surface area contributed by atoms with Crippen LogP contribution in [0.2, 0.25) is 0 Å². The third-order valence-corrected chi connectivity index (χ3v) is 3.03. The van der Waals surface area contributed by atoms with Crippen LogP contribution in [0, 0.1) is 5.92 Å². The van der Waals surface area contributed by atoms with Gasteiger partial charge in [0.15, 0.2) is 6.61 Å². The molecule has 0 bridgehead atoms. The van der Waals surface area contributed by atoms with Crippen LogP contribution in [0.4, 0.5) is 18.9 Å². The van der Waals surface area contributed by atoms with Crippen molar-refractivity contribution in [1.82, 2.24) is 0 Å². The highest BCUT2D eigenvalue weighted by Gasteiger charge is 2.35. The molecule has 1 aliphatic heterocycles. The summed E-state index contributed by atoms with van der Waals surface area (Å²) in [6, 6.07) is 5.46. The third-order valence-electron chi connectivity index (χ3n) is 3.03. The molecule has 5 nitrogen and oxygen atoms in total. The summed E-state index contributed by atoms with van der Waals surface area (Å²) in [5, 5.41) is 8.88. The fraction of sp³-hybridized carbons (Fsp3) is 0.385. The first-order chi connectivity index (χ1) is 9.76. The fourth-order valence-corrected chi connectivity index (χ4v) is 2.01. The van der Waals surface area contributed by atoms with Crippen molar-refractivity contribution in [2.75, 3.05) is 18.1 Å². The number of hydrogen-bond acceptors (Lipinski definition) is 3. The number of aliphatic carboxylic acids is 1. The van der Waals surface area contributed by atoms with E-state index in [9.17, 15) is 22.8 Å². The molecule has 1 aliphatic rings. The van der Waals surface area contributed by atoms with E-state index in [0.717, 1.165) is 0 Å². The average molecular weight is 303 g/mol. The smallest absolute Gasteiger partial charge is 0.422 e. The summed E-state index contributed by atoms with van der Waals surface area (Å²) in [6.45, 7) is -1.34. The molecule has 1 aromatic rings. The second kappa shape index (κ2) is 5.63. The van der Waals surface area contributed by atoms with E-state index in [2.05, 4.69) is 4.74 Å². The van der Waals surface area contributed by atoms with E-state index in [1.54, 1.807) is 0 Å². The standard InChI is InChI=1S/C13H12F3NO4/c14-13(15,16)7-21-10-3-1-9(2-4-10)17-6-8(12(19)20)5-11(17)18/h1-4,8H,5-7H2,(H,19,20)/t8-/m1/s1. The Labute approximate surface area is 117 Å². The number of carbonyl (C=O) groups excluding carboxylic acids is 1. The Morgan fingerprint density at radius 2 is 1.95 bits per heavy atom. The van der Waals surface area contributed by atoms with Gasteiger partial charge in [0.1, 0.15) is 5.75 Å². The Morgan fingerprint density at radius 1 is 1.33 bits per heavy atom. The topological polar surface area (TPSA) is 66.8 Å². The number of carboxylic acids is 1. The zero-order valence-corrected chi connectivity index (χ0v) is 10.8. The molecule has 114 valence electrons. The number of hydrogen-bond donors (Lipinski definition) is 1. The van der Waals surface area contributed by atoms with Gasteiger partial charge in [-0.1, -0.05) is 0 Å². The summed E-state index contributed by atoms with van der Waals surface area (Å²) in [5.74, 6) is -2.11. The van der Waals surface area contributed by atoms with E-state index in [4.69, 9.17) is 5.11 Å². The van der Waals surface area contributed by atoms with Crippen LogP contribution in [0.5, 0.6) is 5.75 Å². The Morgan fingerprint density at radius 3 is 2.43 bits per heavy atom. The lowest BCUT2D eigenvalue weighted by Gasteiger charge is -2.16. The van der Waals surface area contributed by atoms with Gasteiger partial charge in [-0.15, -0.1) is 0 Å². The molecule has 1 heterocycles. The largest absolute Gasteiger partial charge is 0.484 e. The second-order valence-electron chi connectivity index (χ2n) is 4.64. The highest BCUT2D eigenvalue weighted by molar-refractivity contribution is 5.99. The number of nitrogens with zero attached hydrogens (tertiary/aromatic N) is 1. The molecule has 8 heteroatoms. The summed E-state index contributed by atoms with van der Waals surface area (Å²) in [7, 11) is 0. The van der Waals surface area contributed by atoms with E-state index >= 15 is 0 Å². The molecule has 1 N–H and O–H groups in total. The van der Waals surface area contributed by atoms with E-state index in [1.165, 1.54) is 29.2 Å². The van der Waals surface area contributed by atoms with E-state index in [0.29, 0.717) is 5.69 Å². The van der Waals surface area contributed by atoms with E-state index in [-0.39, 0.29) is 24.6 Å². The molecule has 0 aliphatic carbocycles. The van der Waals surface area contributed by atoms with E-state index < -0.39 is 24.7 Å². The molecule has 0 spiro atoms. The lowest BCUT2D eigenvalue weighted by molar-refractivity contribution is -0.153. The van der Waals surface area contributed by atoms with Gasteiger partial charge in [0.25, 0.3) is 0 Å². The first-order valence-electron chi connectivity index (χ1n) is 6.09. The SMILES string of the molecule is O=C(O)[C@@H]1CC(=O)N(c2ccc(OCC(F)(F)F)cc2)C1. The maximum Gasteiger partial charge on any atom is 0.422 e. The minimum atomic E-state index is -4.42. The number of halogens is 3. The van der Waals surface area contributed by atoms with Crippen LogP contribution in [0.1, 0.15) is 6.42 Å². The second-order valence-corrected chi connectivity index (χ2v) is 4.64. The molecule has 1 fully saturated rings. The number of ether oxygens (including phenoxy) is 1. The van der Waals surface area contributed by atoms with Gasteiger partial charge < -0.3 is 14.7 Å². The van der Waals surface area contributed by atoms with E-state index in [1.807, 2.05) is 0 Å². The monoisotopic (exact) mass is 303 g/mol. The van der Waals surface area contributed by atoms with Gasteiger partial charge in [0.2, 0.25) is 5.91 Å². The first-order valence-corrected chi connectivity index (χ1v) is 6.09. The van der Waals surface area contributed by atoms with Gasteiger partial charge in [-0.05, 0) is 24.3 Å². The average Bonchev–Trinajstić information content (AvgIpc) is 2.78. The van der Waals surface area contributed by atoms with Crippen molar-refractivity contribution in [2.45, 2.75) is 12.6 Å². The Bertz CT molecular complexity index is 541. The molecule has 1 amide bonds. The van der Waals surface area contributed by atoms with Crippen LogP contribution in [0.25, 0.3) is 0 Å². The normalized spacial score (nSPS) is 18.9. The number of carbonyl (C=O) groups is 2. The third kappa shape index (κ3) is 3.87. The molecular weight excluding hydrogens is 291 g/mol. The summed E-state index contributed by atoms with van der Waals surface area (Å²) >= 11 is 0. The van der Waals surface area contributed by atoms with Gasteiger partial charge >= 0.3 is 12.1 Å². The zero-order chi connectivity index (χ0) is 15.6. The van der Waals surface area contributed by atoms with Crippen molar-refractivity contribution >= 4 is 17.6 Å². The quantitative estimate of drug-likeness (QED) is 0.924. The molecule has 21 heavy (non-hydrogen) atoms. The number of amides is 1. The summed E-state index contributed by atoms with van der Waals surface area (Å²) < 4.78 is 40.6. The number of rotatable bonds is 4. The summed E-state index contributed by atoms with van der Waals surface area (Å²) in [5.41, 5.74) is 0.433. The molecule has 2 rings (SSSR count). The highest BCUT2D eigenvalue weighted by atomic mass is 19.4. The summed E-state index contributed by atoms with van der Waals surface area (Å²) in [4.78, 5) is 23.9. The number of benzene rings is 1. The Kier molecular flexibility index (Phi) is 4.06. The van der Waals surface area contributed by atoms with Crippen molar-refractivity contribution in [3.8, 4) is 5.75 Å². The molecule has 1 atom stereocenters. The fourth-order valence-electron chi connectivity index (χ4n) is 2.01. The van der Waals surface area contributed by atoms with Crippen molar-refractivity contribution in [3.05, 3.63) is 24.3 Å². The zero-order valence-electron chi connectivity index (χ0n) is 10.8. The molecular formula is C13H12F3NO4. The van der Waals surface area contributed by atoms with Crippen molar-refractivity contribution in [3.63, 3.8) is 0 Å². The number of alkyl halides is 3. The predicted molar refractivity (Wildman–Crippen MR) is 66.1 cm³/mol. The van der Waals surface area contributed by atoms with Gasteiger partial charge in [-0.3, -0.25) is 9.59 Å². The van der Waals surface area contributed by atoms with Crippen LogP contribution in [0.15, 0.2) is 24.3 Å². The van der Waals surface area contributed by atoms with Crippen molar-refractivity contribution in [1.29, 1.82) is 0 Å². The Hall–Kier alpha value is -2.25. The van der Waals surface area contributed by atoms with Gasteiger partial charge in [0, 0.05) is 18.7 Å². The molecule has 0 saturated carbocycles. The minimum Gasteiger partial charge on any atom is -0.484 e. The lowest BCUT2D eigenvalue weighted by atomic mass is 10.1. The number of anilines is 1. The van der Waals surface area contributed by atoms with Crippen LogP contribution in [-0.4, -0.2) is 36.3 Å². The van der Waals surface area contributed by atoms with Crippen LogP contribution in [0.3, 0.4) is 0 Å². The van der Waals surface area contributed by atoms with Crippen LogP contribution >= 0.6 is 0 Å². The predicted octanol–water partition coefficient (Wildman–Crippen LogP) is 2.07. The molecule has 0 radical (unpaired) electrons. The lowest BCUT2D eigenvalue weighted by Crippen LogP contribution is -2.25. The highest BCUT2D eigenvalue weighted by Crippen LogP contribution is 2.27. The molecule has 0 unspecified atom stereocenters. The van der Waals surface area contributed by atoms with Crippen LogP contribution in [-0.2, 0) is 9.59 Å². The molecule has 0 aromatic heterocycles. The maximum atomic E-state index is 12.0.